The van der Waals surface area contributed by atoms with Crippen molar-refractivity contribution in [2.45, 2.75) is 354 Å². The molecule has 0 bridgehead atoms. The summed E-state index contributed by atoms with van der Waals surface area (Å²) >= 11 is 0. The molecule has 0 aromatic heterocycles. The summed E-state index contributed by atoms with van der Waals surface area (Å²) in [5, 5.41) is 0. The van der Waals surface area contributed by atoms with Gasteiger partial charge < -0.3 is 14.2 Å². The van der Waals surface area contributed by atoms with Gasteiger partial charge >= 0.3 is 17.9 Å². The molecule has 0 fully saturated rings. The van der Waals surface area contributed by atoms with Gasteiger partial charge in [0.15, 0.2) is 6.10 Å². The predicted molar refractivity (Wildman–Crippen MR) is 348 cm³/mol. The van der Waals surface area contributed by atoms with Crippen LogP contribution in [0.5, 0.6) is 0 Å². The van der Waals surface area contributed by atoms with Crippen molar-refractivity contribution in [2.75, 3.05) is 13.2 Å². The fraction of sp³-hybridized carbons (Fsp3) is 0.770. The van der Waals surface area contributed by atoms with E-state index in [1.807, 2.05) is 6.08 Å². The number of unbranched alkanes of at least 4 members (excludes halogenated alkanes) is 38. The number of esters is 3. The molecular formula is C74H130O6. The van der Waals surface area contributed by atoms with Gasteiger partial charge in [-0.25, -0.2) is 0 Å². The predicted octanol–water partition coefficient (Wildman–Crippen LogP) is 23.8. The Bertz CT molecular complexity index is 1520. The molecule has 0 heterocycles. The highest BCUT2D eigenvalue weighted by Crippen LogP contribution is 2.18. The standard InChI is InChI=1S/C74H130O6/c1-4-7-10-13-16-19-22-25-27-29-31-32-33-34-35-36-37-38-39-40-41-42-44-45-47-49-52-55-58-61-64-67-73(76)79-70-71(69-78-72(75)66-63-60-57-54-51-24-21-18-15-12-9-6-3)80-74(77)68-65-62-59-56-53-50-48-46-43-30-28-26-23-20-17-14-11-8-5-2/h8,11,17,20,26,28-29,31,43,46,50,53,59,62,71H,4-7,9-10,12-16,18-19,21-25,27,30,32-42,44-45,47-49,51-52,54-58,60-61,63-70H2,1-3H3/b11-8-,20-17-,28-26-,31-29-,46-43-,53-50-,62-59-. The molecule has 0 N–H and O–H groups in total. The van der Waals surface area contributed by atoms with Gasteiger partial charge in [-0.3, -0.25) is 14.4 Å². The van der Waals surface area contributed by atoms with Gasteiger partial charge in [0.05, 0.1) is 0 Å². The Kier molecular flexibility index (Phi) is 65.2. The van der Waals surface area contributed by atoms with Gasteiger partial charge in [0, 0.05) is 19.3 Å². The monoisotopic (exact) mass is 1110 g/mol. The van der Waals surface area contributed by atoms with Crippen molar-refractivity contribution in [1.82, 2.24) is 0 Å². The minimum absolute atomic E-state index is 0.103. The first-order chi connectivity index (χ1) is 39.5. The SMILES string of the molecule is CC/C=C\C/C=C\C/C=C\C/C=C\C/C=C\C/C=C\CCC(=O)OC(COC(=O)CCCCCCCCCCCCCC)COC(=O)CCCCCCCCCCCCCCCCCCCCC/C=C\CCCCCCCCCC. The van der Waals surface area contributed by atoms with E-state index in [4.69, 9.17) is 14.2 Å². The summed E-state index contributed by atoms with van der Waals surface area (Å²) in [6.45, 7) is 6.50. The number of carbonyl (C=O) groups excluding carboxylic acids is 3. The molecule has 0 aliphatic rings. The molecule has 1 atom stereocenters. The smallest absolute Gasteiger partial charge is 0.306 e. The summed E-state index contributed by atoms with van der Waals surface area (Å²) in [5.41, 5.74) is 0. The van der Waals surface area contributed by atoms with Gasteiger partial charge in [0.1, 0.15) is 13.2 Å². The van der Waals surface area contributed by atoms with Crippen LogP contribution in [0.1, 0.15) is 348 Å². The number of hydrogen-bond donors (Lipinski definition) is 0. The van der Waals surface area contributed by atoms with Crippen molar-refractivity contribution >= 4 is 17.9 Å². The van der Waals surface area contributed by atoms with Gasteiger partial charge in [-0.1, -0.05) is 331 Å². The fourth-order valence-corrected chi connectivity index (χ4v) is 10.00. The van der Waals surface area contributed by atoms with Crippen LogP contribution in [-0.4, -0.2) is 37.2 Å². The van der Waals surface area contributed by atoms with E-state index in [9.17, 15) is 14.4 Å². The first-order valence-corrected chi connectivity index (χ1v) is 34.6. The summed E-state index contributed by atoms with van der Waals surface area (Å²) in [4.78, 5) is 38.3. The second kappa shape index (κ2) is 68.1. The second-order valence-electron chi connectivity index (χ2n) is 23.1. The maximum absolute atomic E-state index is 12.9. The van der Waals surface area contributed by atoms with Crippen molar-refractivity contribution in [1.29, 1.82) is 0 Å². The van der Waals surface area contributed by atoms with Gasteiger partial charge in [-0.2, -0.15) is 0 Å². The summed E-state index contributed by atoms with van der Waals surface area (Å²) in [5.74, 6) is -0.972. The Morgan fingerprint density at radius 1 is 0.263 bits per heavy atom. The van der Waals surface area contributed by atoms with E-state index >= 15 is 0 Å². The molecule has 0 saturated carbocycles. The van der Waals surface area contributed by atoms with E-state index in [1.54, 1.807) is 0 Å². The van der Waals surface area contributed by atoms with E-state index in [-0.39, 0.29) is 37.5 Å². The van der Waals surface area contributed by atoms with Crippen LogP contribution in [0.15, 0.2) is 85.1 Å². The van der Waals surface area contributed by atoms with Crippen molar-refractivity contribution in [3.63, 3.8) is 0 Å². The molecule has 0 amide bonds. The zero-order valence-electron chi connectivity index (χ0n) is 53.1. The van der Waals surface area contributed by atoms with E-state index in [0.717, 1.165) is 77.0 Å². The maximum Gasteiger partial charge on any atom is 0.306 e. The molecule has 0 spiro atoms. The van der Waals surface area contributed by atoms with Crippen LogP contribution in [0.2, 0.25) is 0 Å². The van der Waals surface area contributed by atoms with E-state index in [2.05, 4.69) is 99.8 Å². The Labute approximate surface area is 496 Å². The molecule has 0 aromatic rings. The van der Waals surface area contributed by atoms with Crippen LogP contribution < -0.4 is 0 Å². The van der Waals surface area contributed by atoms with Crippen molar-refractivity contribution in [3.8, 4) is 0 Å². The van der Waals surface area contributed by atoms with Crippen LogP contribution in [-0.2, 0) is 28.6 Å². The molecule has 0 rings (SSSR count). The summed E-state index contributed by atoms with van der Waals surface area (Å²) in [6.07, 6.45) is 90.7. The molecule has 0 aliphatic carbocycles. The molecule has 0 saturated heterocycles. The van der Waals surface area contributed by atoms with Gasteiger partial charge in [0.25, 0.3) is 0 Å². The first-order valence-electron chi connectivity index (χ1n) is 34.6. The zero-order chi connectivity index (χ0) is 57.8. The summed E-state index contributed by atoms with van der Waals surface area (Å²) in [7, 11) is 0. The highest BCUT2D eigenvalue weighted by Gasteiger charge is 2.19. The highest BCUT2D eigenvalue weighted by atomic mass is 16.6. The molecule has 462 valence electrons. The van der Waals surface area contributed by atoms with Crippen LogP contribution >= 0.6 is 0 Å². The normalized spacial score (nSPS) is 12.6. The highest BCUT2D eigenvalue weighted by molar-refractivity contribution is 5.71. The first kappa shape index (κ1) is 76.6. The lowest BCUT2D eigenvalue weighted by Gasteiger charge is -2.18. The number of ether oxygens (including phenoxy) is 3. The van der Waals surface area contributed by atoms with E-state index in [0.29, 0.717) is 19.3 Å². The average Bonchev–Trinajstić information content (AvgIpc) is 3.46. The molecule has 0 radical (unpaired) electrons. The van der Waals surface area contributed by atoms with Crippen molar-refractivity contribution < 1.29 is 28.6 Å². The third-order valence-corrected chi connectivity index (χ3v) is 15.1. The average molecular weight is 1120 g/mol. The topological polar surface area (TPSA) is 78.9 Å². The lowest BCUT2D eigenvalue weighted by Crippen LogP contribution is -2.30. The van der Waals surface area contributed by atoms with Crippen molar-refractivity contribution in [2.24, 2.45) is 0 Å². The molecule has 1 unspecified atom stereocenters. The van der Waals surface area contributed by atoms with Gasteiger partial charge in [-0.05, 0) is 83.5 Å². The third kappa shape index (κ3) is 65.4. The second-order valence-corrected chi connectivity index (χ2v) is 23.1. The molecule has 6 heteroatoms. The Morgan fingerprint density at radius 3 is 0.812 bits per heavy atom. The van der Waals surface area contributed by atoms with Crippen LogP contribution in [0.25, 0.3) is 0 Å². The van der Waals surface area contributed by atoms with Crippen LogP contribution in [0, 0.1) is 0 Å². The largest absolute Gasteiger partial charge is 0.462 e. The number of carbonyl (C=O) groups is 3. The lowest BCUT2D eigenvalue weighted by molar-refractivity contribution is -0.166. The minimum Gasteiger partial charge on any atom is -0.462 e. The third-order valence-electron chi connectivity index (χ3n) is 15.1. The lowest BCUT2D eigenvalue weighted by atomic mass is 10.0. The molecule has 0 aliphatic heterocycles. The quantitative estimate of drug-likeness (QED) is 0.0261. The summed E-state index contributed by atoms with van der Waals surface area (Å²) < 4.78 is 16.9. The molecule has 6 nitrogen and oxygen atoms in total. The van der Waals surface area contributed by atoms with Gasteiger partial charge in [0.2, 0.25) is 0 Å². The summed E-state index contributed by atoms with van der Waals surface area (Å²) in [6, 6.07) is 0. The van der Waals surface area contributed by atoms with Crippen LogP contribution in [0.4, 0.5) is 0 Å². The van der Waals surface area contributed by atoms with Crippen LogP contribution in [0.3, 0.4) is 0 Å². The minimum atomic E-state index is -0.815. The fourth-order valence-electron chi connectivity index (χ4n) is 10.00. The molecular weight excluding hydrogens is 985 g/mol. The Hall–Kier alpha value is -3.41. The number of allylic oxidation sites excluding steroid dienone is 14. The number of hydrogen-bond acceptors (Lipinski definition) is 6. The van der Waals surface area contributed by atoms with Crippen molar-refractivity contribution in [3.05, 3.63) is 85.1 Å². The number of rotatable bonds is 63. The molecule has 80 heavy (non-hydrogen) atoms. The van der Waals surface area contributed by atoms with E-state index in [1.165, 1.54) is 225 Å². The van der Waals surface area contributed by atoms with Gasteiger partial charge in [-0.15, -0.1) is 0 Å². The van der Waals surface area contributed by atoms with E-state index < -0.39 is 6.10 Å². The molecule has 0 aromatic carbocycles. The Balaban J connectivity index is 4.23. The maximum atomic E-state index is 12.9. The zero-order valence-corrected chi connectivity index (χ0v) is 53.1. The Morgan fingerprint density at radius 2 is 0.512 bits per heavy atom.